The molecule has 0 bridgehead atoms. The highest BCUT2D eigenvalue weighted by molar-refractivity contribution is 6.43. The Labute approximate surface area is 159 Å². The van der Waals surface area contributed by atoms with Crippen LogP contribution in [0.1, 0.15) is 34.3 Å². The van der Waals surface area contributed by atoms with Crippen LogP contribution in [-0.4, -0.2) is 41.6 Å². The van der Waals surface area contributed by atoms with Crippen LogP contribution >= 0.6 is 0 Å². The van der Waals surface area contributed by atoms with Gasteiger partial charge in [0, 0.05) is 25.1 Å². The van der Waals surface area contributed by atoms with Gasteiger partial charge in [0.05, 0.1) is 0 Å². The molecule has 2 aromatic rings. The molecular weight excluding hydrogens is 340 g/mol. The van der Waals surface area contributed by atoms with Gasteiger partial charge in [-0.3, -0.25) is 14.4 Å². The molecule has 1 N–H and O–H groups in total. The van der Waals surface area contributed by atoms with E-state index < -0.39 is 17.7 Å². The van der Waals surface area contributed by atoms with Gasteiger partial charge in [-0.1, -0.05) is 60.2 Å². The topological polar surface area (TPSA) is 66.5 Å². The molecule has 2 amide bonds. The zero-order valence-corrected chi connectivity index (χ0v) is 15.5. The Bertz CT molecular complexity index is 809. The van der Waals surface area contributed by atoms with Gasteiger partial charge in [0.1, 0.15) is 6.04 Å². The second-order valence-electron chi connectivity index (χ2n) is 6.94. The van der Waals surface area contributed by atoms with Crippen molar-refractivity contribution in [1.82, 2.24) is 10.2 Å². The summed E-state index contributed by atoms with van der Waals surface area (Å²) in [7, 11) is 0. The molecule has 0 spiro atoms. The van der Waals surface area contributed by atoms with Crippen LogP contribution in [0.4, 0.5) is 0 Å². The summed E-state index contributed by atoms with van der Waals surface area (Å²) in [5.74, 6) is -1.49. The van der Waals surface area contributed by atoms with Crippen molar-refractivity contribution in [2.45, 2.75) is 32.2 Å². The molecule has 2 aromatic carbocycles. The van der Waals surface area contributed by atoms with Crippen molar-refractivity contribution in [3.63, 3.8) is 0 Å². The second-order valence-corrected chi connectivity index (χ2v) is 6.94. The number of carbonyl (C=O) groups excluding carboxylic acids is 3. The van der Waals surface area contributed by atoms with E-state index >= 15 is 0 Å². The number of carbonyl (C=O) groups is 3. The zero-order valence-electron chi connectivity index (χ0n) is 15.5. The largest absolute Gasteiger partial charge is 0.341 e. The van der Waals surface area contributed by atoms with Crippen molar-refractivity contribution in [2.75, 3.05) is 13.1 Å². The van der Waals surface area contributed by atoms with E-state index in [1.54, 1.807) is 29.2 Å². The second kappa shape index (κ2) is 8.62. The van der Waals surface area contributed by atoms with E-state index in [4.69, 9.17) is 0 Å². The minimum absolute atomic E-state index is 0.124. The van der Waals surface area contributed by atoms with Gasteiger partial charge in [0.25, 0.3) is 5.91 Å². The summed E-state index contributed by atoms with van der Waals surface area (Å²) in [6.07, 6.45) is 2.31. The lowest BCUT2D eigenvalue weighted by molar-refractivity contribution is -0.134. The Kier molecular flexibility index (Phi) is 6.01. The van der Waals surface area contributed by atoms with Gasteiger partial charge in [-0.25, -0.2) is 0 Å². The molecule has 3 rings (SSSR count). The molecular formula is C22H24N2O3. The average molecular weight is 364 g/mol. The minimum Gasteiger partial charge on any atom is -0.341 e. The number of nitrogens with zero attached hydrogens (tertiary/aromatic N) is 1. The maximum Gasteiger partial charge on any atom is 0.293 e. The fraction of sp³-hybridized carbons (Fsp3) is 0.318. The molecule has 5 nitrogen and oxygen atoms in total. The molecule has 1 heterocycles. The van der Waals surface area contributed by atoms with Crippen molar-refractivity contribution >= 4 is 17.6 Å². The van der Waals surface area contributed by atoms with Crippen molar-refractivity contribution in [2.24, 2.45) is 0 Å². The zero-order chi connectivity index (χ0) is 19.2. The first kappa shape index (κ1) is 18.8. The summed E-state index contributed by atoms with van der Waals surface area (Å²) in [6, 6.07) is 15.6. The number of likely N-dealkylation sites (tertiary alicyclic amines) is 1. The Morgan fingerprint density at radius 2 is 1.59 bits per heavy atom. The molecule has 1 saturated heterocycles. The summed E-state index contributed by atoms with van der Waals surface area (Å²) < 4.78 is 0. The fourth-order valence-electron chi connectivity index (χ4n) is 3.27. The molecule has 1 fully saturated rings. The van der Waals surface area contributed by atoms with Crippen LogP contribution in [0, 0.1) is 6.92 Å². The molecule has 5 heteroatoms. The van der Waals surface area contributed by atoms with Gasteiger partial charge < -0.3 is 10.2 Å². The lowest BCUT2D eigenvalue weighted by Gasteiger charge is -2.24. The monoisotopic (exact) mass is 364 g/mol. The van der Waals surface area contributed by atoms with Crippen LogP contribution in [-0.2, 0) is 16.0 Å². The highest BCUT2D eigenvalue weighted by Gasteiger charge is 2.30. The van der Waals surface area contributed by atoms with Gasteiger partial charge in [0.2, 0.25) is 11.7 Å². The third-order valence-corrected chi connectivity index (χ3v) is 4.82. The summed E-state index contributed by atoms with van der Waals surface area (Å²) >= 11 is 0. The molecule has 0 saturated carbocycles. The molecule has 1 aliphatic rings. The number of hydrogen-bond acceptors (Lipinski definition) is 3. The van der Waals surface area contributed by atoms with E-state index in [1.165, 1.54) is 0 Å². The van der Waals surface area contributed by atoms with E-state index in [0.29, 0.717) is 25.1 Å². The van der Waals surface area contributed by atoms with Gasteiger partial charge in [-0.05, 0) is 25.3 Å². The van der Waals surface area contributed by atoms with Crippen LogP contribution in [0.5, 0.6) is 0 Å². The van der Waals surface area contributed by atoms with Gasteiger partial charge >= 0.3 is 0 Å². The molecule has 0 aliphatic carbocycles. The van der Waals surface area contributed by atoms with Crippen LogP contribution in [0.2, 0.25) is 0 Å². The molecule has 27 heavy (non-hydrogen) atoms. The van der Waals surface area contributed by atoms with Crippen LogP contribution in [0.3, 0.4) is 0 Å². The van der Waals surface area contributed by atoms with Crippen LogP contribution in [0.25, 0.3) is 0 Å². The van der Waals surface area contributed by atoms with Crippen molar-refractivity contribution < 1.29 is 14.4 Å². The molecule has 1 aliphatic heterocycles. The normalized spacial score (nSPS) is 14.6. The van der Waals surface area contributed by atoms with Gasteiger partial charge in [-0.2, -0.15) is 0 Å². The Morgan fingerprint density at radius 3 is 2.22 bits per heavy atom. The van der Waals surface area contributed by atoms with Gasteiger partial charge in [0.15, 0.2) is 0 Å². The summed E-state index contributed by atoms with van der Waals surface area (Å²) in [5.41, 5.74) is 2.28. The lowest BCUT2D eigenvalue weighted by Crippen LogP contribution is -2.50. The third kappa shape index (κ3) is 4.82. The highest BCUT2D eigenvalue weighted by atomic mass is 16.2. The molecule has 0 radical (unpaired) electrons. The Morgan fingerprint density at radius 1 is 0.963 bits per heavy atom. The van der Waals surface area contributed by atoms with E-state index in [9.17, 15) is 14.4 Å². The average Bonchev–Trinajstić information content (AvgIpc) is 3.22. The number of hydrogen-bond donors (Lipinski definition) is 1. The first-order valence-electron chi connectivity index (χ1n) is 9.29. The van der Waals surface area contributed by atoms with Gasteiger partial charge in [-0.15, -0.1) is 0 Å². The van der Waals surface area contributed by atoms with Crippen molar-refractivity contribution in [3.8, 4) is 0 Å². The van der Waals surface area contributed by atoms with E-state index in [0.717, 1.165) is 24.0 Å². The predicted octanol–water partition coefficient (Wildman–Crippen LogP) is 2.53. The Balaban J connectivity index is 1.75. The number of Topliss-reactive ketones (excluding diaryl/α,β-unsaturated/α-hetero) is 1. The molecule has 1 atom stereocenters. The van der Waals surface area contributed by atoms with E-state index in [-0.39, 0.29) is 5.91 Å². The quantitative estimate of drug-likeness (QED) is 0.633. The number of ketones is 1. The Hall–Kier alpha value is -2.95. The predicted molar refractivity (Wildman–Crippen MR) is 103 cm³/mol. The minimum atomic E-state index is -0.743. The maximum atomic E-state index is 12.9. The first-order valence-corrected chi connectivity index (χ1v) is 9.29. The van der Waals surface area contributed by atoms with Crippen LogP contribution in [0.15, 0.2) is 54.6 Å². The number of benzene rings is 2. The highest BCUT2D eigenvalue weighted by Crippen LogP contribution is 2.13. The summed E-state index contributed by atoms with van der Waals surface area (Å²) in [4.78, 5) is 39.6. The first-order chi connectivity index (χ1) is 13.0. The number of amides is 2. The SMILES string of the molecule is Cc1ccc(C(=O)C(=O)NC(Cc2ccccc2)C(=O)N2CCCC2)cc1. The summed E-state index contributed by atoms with van der Waals surface area (Å²) in [5, 5.41) is 2.68. The number of aryl methyl sites for hydroxylation is 1. The fourth-order valence-corrected chi connectivity index (χ4v) is 3.27. The van der Waals surface area contributed by atoms with Crippen molar-refractivity contribution in [1.29, 1.82) is 0 Å². The smallest absolute Gasteiger partial charge is 0.293 e. The molecule has 1 unspecified atom stereocenters. The maximum absolute atomic E-state index is 12.9. The molecule has 140 valence electrons. The van der Waals surface area contributed by atoms with E-state index in [1.807, 2.05) is 37.3 Å². The number of nitrogens with one attached hydrogen (secondary N) is 1. The summed E-state index contributed by atoms with van der Waals surface area (Å²) in [6.45, 7) is 3.32. The van der Waals surface area contributed by atoms with Crippen molar-refractivity contribution in [3.05, 3.63) is 71.3 Å². The third-order valence-electron chi connectivity index (χ3n) is 4.82. The van der Waals surface area contributed by atoms with Crippen LogP contribution < -0.4 is 5.32 Å². The molecule has 0 aromatic heterocycles. The van der Waals surface area contributed by atoms with E-state index in [2.05, 4.69) is 5.32 Å². The number of rotatable bonds is 6. The standard InChI is InChI=1S/C22H24N2O3/c1-16-9-11-18(12-10-16)20(25)21(26)23-19(15-17-7-3-2-4-8-17)22(27)24-13-5-6-14-24/h2-4,7-12,19H,5-6,13-15H2,1H3,(H,23,26). The lowest BCUT2D eigenvalue weighted by atomic mass is 10.0.